The van der Waals surface area contributed by atoms with Crippen molar-refractivity contribution >= 4 is 23.3 Å². The molecular weight excluding hydrogens is 737 g/mol. The lowest BCUT2D eigenvalue weighted by atomic mass is 10.1. The maximum atomic E-state index is 13.5. The number of nitrogens with zero attached hydrogens (tertiary/aromatic N) is 2. The van der Waals surface area contributed by atoms with E-state index in [1.165, 1.54) is 0 Å². The highest BCUT2D eigenvalue weighted by Gasteiger charge is 2.22. The quantitative estimate of drug-likeness (QED) is 0.0239. The van der Waals surface area contributed by atoms with Gasteiger partial charge < -0.3 is 33.2 Å². The van der Waals surface area contributed by atoms with Crippen LogP contribution in [0.15, 0.2) is 95.2 Å². The summed E-state index contributed by atoms with van der Waals surface area (Å²) in [5.41, 5.74) is 2.83. The van der Waals surface area contributed by atoms with Crippen molar-refractivity contribution in [3.63, 3.8) is 0 Å². The zero-order chi connectivity index (χ0) is 41.2. The number of benzene rings is 4. The average Bonchev–Trinajstić information content (AvgIpc) is 3.24. The second kappa shape index (κ2) is 26.6. The third-order valence-corrected chi connectivity index (χ3v) is 8.95. The molecule has 0 atom stereocenters. The minimum Gasteiger partial charge on any atom is -0.491 e. The number of hydrogen-bond acceptors (Lipinski definition) is 11. The van der Waals surface area contributed by atoms with Crippen molar-refractivity contribution in [2.45, 2.75) is 91.9 Å². The first-order valence-corrected chi connectivity index (χ1v) is 20.8. The van der Waals surface area contributed by atoms with Gasteiger partial charge in [0.1, 0.15) is 23.8 Å². The van der Waals surface area contributed by atoms with Gasteiger partial charge in [0.05, 0.1) is 49.8 Å². The van der Waals surface area contributed by atoms with E-state index in [2.05, 4.69) is 31.0 Å². The molecule has 0 heterocycles. The van der Waals surface area contributed by atoms with Crippen LogP contribution in [0.25, 0.3) is 0 Å². The monoisotopic (exact) mass is 796 g/mol. The van der Waals surface area contributed by atoms with Crippen LogP contribution in [-0.4, -0.2) is 58.2 Å². The molecule has 0 spiro atoms. The topological polar surface area (TPSA) is 123 Å². The largest absolute Gasteiger partial charge is 0.491 e. The number of aryl methyl sites for hydroxylation is 1. The summed E-state index contributed by atoms with van der Waals surface area (Å²) in [5, 5.41) is 9.00. The minimum atomic E-state index is -0.555. The number of carbonyl (C=O) groups excluding carboxylic acids is 2. The second-order valence-corrected chi connectivity index (χ2v) is 13.8. The van der Waals surface area contributed by atoms with Crippen LogP contribution in [-0.2, 0) is 9.47 Å². The van der Waals surface area contributed by atoms with E-state index in [0.717, 1.165) is 76.4 Å². The Kier molecular flexibility index (Phi) is 20.9. The maximum absolute atomic E-state index is 13.5. The van der Waals surface area contributed by atoms with Crippen molar-refractivity contribution < 1.29 is 42.7 Å². The molecule has 4 rings (SSSR count). The van der Waals surface area contributed by atoms with E-state index in [1.807, 2.05) is 19.1 Å². The number of carbonyl (C=O) groups is 2. The lowest BCUT2D eigenvalue weighted by molar-refractivity contribution is 0.0356. The van der Waals surface area contributed by atoms with Gasteiger partial charge in [0, 0.05) is 6.61 Å². The third kappa shape index (κ3) is 16.3. The molecule has 0 aromatic heterocycles. The highest BCUT2D eigenvalue weighted by Crippen LogP contribution is 2.46. The Morgan fingerprint density at radius 3 is 1.66 bits per heavy atom. The molecule has 0 aliphatic carbocycles. The summed E-state index contributed by atoms with van der Waals surface area (Å²) in [4.78, 5) is 26.1. The molecule has 0 fully saturated rings. The summed E-state index contributed by atoms with van der Waals surface area (Å²) in [5.74, 6) is 0.868. The first-order valence-electron chi connectivity index (χ1n) is 20.8. The minimum absolute atomic E-state index is 0.221. The number of ether oxygens (including phenoxy) is 7. The van der Waals surface area contributed by atoms with Crippen molar-refractivity contribution in [2.24, 2.45) is 10.2 Å². The van der Waals surface area contributed by atoms with Crippen molar-refractivity contribution in [3.8, 4) is 28.7 Å². The number of esters is 2. The molecule has 0 bridgehead atoms. The van der Waals surface area contributed by atoms with Crippen LogP contribution in [0, 0.1) is 6.92 Å². The normalized spacial score (nSPS) is 11.1. The number of azo groups is 1. The van der Waals surface area contributed by atoms with E-state index in [1.54, 1.807) is 72.8 Å². The Balaban J connectivity index is 1.48. The predicted octanol–water partition coefficient (Wildman–Crippen LogP) is 12.0. The van der Waals surface area contributed by atoms with Crippen molar-refractivity contribution in [3.05, 3.63) is 102 Å². The molecular formula is C47H60N2O9. The van der Waals surface area contributed by atoms with Crippen molar-refractivity contribution in [1.29, 1.82) is 0 Å². The summed E-state index contributed by atoms with van der Waals surface area (Å²) >= 11 is 0. The SMILES string of the molecule is CCCCCCOc1c(N=Nc2ccc(OC(=O)c3ccc(C)cc3)cc2)ccc(OC(=O)c2ccc(OCCOCCOCCCC)cc2)c1OCCCCCC. The lowest BCUT2D eigenvalue weighted by Crippen LogP contribution is -2.12. The molecule has 4 aromatic rings. The molecule has 0 N–H and O–H groups in total. The average molecular weight is 797 g/mol. The molecule has 58 heavy (non-hydrogen) atoms. The van der Waals surface area contributed by atoms with Crippen LogP contribution >= 0.6 is 0 Å². The predicted molar refractivity (Wildman–Crippen MR) is 226 cm³/mol. The van der Waals surface area contributed by atoms with Crippen LogP contribution in [0.5, 0.6) is 28.7 Å². The smallest absolute Gasteiger partial charge is 0.343 e. The van der Waals surface area contributed by atoms with E-state index in [-0.39, 0.29) is 5.75 Å². The summed E-state index contributed by atoms with van der Waals surface area (Å²) in [7, 11) is 0. The maximum Gasteiger partial charge on any atom is 0.343 e. The van der Waals surface area contributed by atoms with Gasteiger partial charge in [-0.25, -0.2) is 9.59 Å². The first kappa shape index (κ1) is 45.4. The zero-order valence-electron chi connectivity index (χ0n) is 34.7. The van der Waals surface area contributed by atoms with Crippen LogP contribution in [0.2, 0.25) is 0 Å². The molecule has 312 valence electrons. The van der Waals surface area contributed by atoms with Crippen LogP contribution in [0.3, 0.4) is 0 Å². The van der Waals surface area contributed by atoms with E-state index >= 15 is 0 Å². The van der Waals surface area contributed by atoms with E-state index in [4.69, 9.17) is 33.2 Å². The van der Waals surface area contributed by atoms with Gasteiger partial charge in [0.25, 0.3) is 0 Å². The summed E-state index contributed by atoms with van der Waals surface area (Å²) in [6.07, 6.45) is 10.2. The Morgan fingerprint density at radius 1 is 0.466 bits per heavy atom. The molecule has 0 radical (unpaired) electrons. The summed E-state index contributed by atoms with van der Waals surface area (Å²) < 4.78 is 41.1. The van der Waals surface area contributed by atoms with Gasteiger partial charge in [-0.2, -0.15) is 5.11 Å². The Hall–Kier alpha value is -5.26. The van der Waals surface area contributed by atoms with Gasteiger partial charge in [0.15, 0.2) is 11.5 Å². The van der Waals surface area contributed by atoms with E-state index < -0.39 is 11.9 Å². The molecule has 0 saturated carbocycles. The van der Waals surface area contributed by atoms with Gasteiger partial charge in [0.2, 0.25) is 5.75 Å². The fourth-order valence-corrected chi connectivity index (χ4v) is 5.56. The molecule has 4 aromatic carbocycles. The fraction of sp³-hybridized carbons (Fsp3) is 0.447. The van der Waals surface area contributed by atoms with Gasteiger partial charge in [-0.1, -0.05) is 83.4 Å². The molecule has 0 aliphatic rings. The number of rotatable bonds is 28. The van der Waals surface area contributed by atoms with E-state index in [0.29, 0.717) is 85.1 Å². The molecule has 0 unspecified atom stereocenters. The molecule has 11 heteroatoms. The highest BCUT2D eigenvalue weighted by atomic mass is 16.6. The summed E-state index contributed by atoms with van der Waals surface area (Å²) in [6.45, 7) is 11.9. The van der Waals surface area contributed by atoms with Gasteiger partial charge >= 0.3 is 11.9 Å². The Bertz CT molecular complexity index is 1810. The Morgan fingerprint density at radius 2 is 1.02 bits per heavy atom. The van der Waals surface area contributed by atoms with Crippen LogP contribution in [0.4, 0.5) is 11.4 Å². The van der Waals surface area contributed by atoms with E-state index in [9.17, 15) is 9.59 Å². The zero-order valence-corrected chi connectivity index (χ0v) is 34.7. The fourth-order valence-electron chi connectivity index (χ4n) is 5.56. The molecule has 0 saturated heterocycles. The first-order chi connectivity index (χ1) is 28.4. The van der Waals surface area contributed by atoms with Crippen LogP contribution in [0.1, 0.15) is 111 Å². The van der Waals surface area contributed by atoms with Crippen molar-refractivity contribution in [1.82, 2.24) is 0 Å². The van der Waals surface area contributed by atoms with Gasteiger partial charge in [-0.15, -0.1) is 5.11 Å². The molecule has 11 nitrogen and oxygen atoms in total. The lowest BCUT2D eigenvalue weighted by Gasteiger charge is -2.18. The second-order valence-electron chi connectivity index (χ2n) is 13.8. The molecule has 0 aliphatic heterocycles. The van der Waals surface area contributed by atoms with Gasteiger partial charge in [-0.05, 0) is 99.0 Å². The highest BCUT2D eigenvalue weighted by molar-refractivity contribution is 5.92. The summed E-state index contributed by atoms with van der Waals surface area (Å²) in [6, 6.07) is 24.1. The third-order valence-electron chi connectivity index (χ3n) is 8.95. The Labute approximate surface area is 344 Å². The standard InChI is InChI=1S/C47H60N2O9/c1-5-8-11-13-30-55-44-42(49-48-39-21-25-41(26-22-39)57-46(50)37-17-15-36(4)16-18-37)27-28-43(45(44)56-31-14-12-9-6-2)58-47(51)38-19-23-40(24-20-38)54-35-34-53-33-32-52-29-10-7-3/h15-28H,5-14,29-35H2,1-4H3. The van der Waals surface area contributed by atoms with Crippen molar-refractivity contribution in [2.75, 3.05) is 46.2 Å². The van der Waals surface area contributed by atoms with Gasteiger partial charge in [-0.3, -0.25) is 0 Å². The molecule has 0 amide bonds. The number of hydrogen-bond donors (Lipinski definition) is 0. The number of unbranched alkanes of at least 4 members (excludes halogenated alkanes) is 7. The van der Waals surface area contributed by atoms with Crippen LogP contribution < -0.4 is 23.7 Å².